The zero-order valence-corrected chi connectivity index (χ0v) is 22.2. The Morgan fingerprint density at radius 2 is 1.88 bits per heavy atom. The Hall–Kier alpha value is -2.27. The van der Waals surface area contributed by atoms with Gasteiger partial charge >= 0.3 is 0 Å². The molecule has 8 nitrogen and oxygen atoms in total. The fourth-order valence-electron chi connectivity index (χ4n) is 4.31. The predicted molar refractivity (Wildman–Crippen MR) is 146 cm³/mol. The molecule has 180 valence electrons. The number of methoxy groups -OCH3 is 1. The number of anilines is 2. The van der Waals surface area contributed by atoms with Crippen LogP contribution in [0.25, 0.3) is 0 Å². The van der Waals surface area contributed by atoms with E-state index in [-0.39, 0.29) is 24.0 Å². The quantitative estimate of drug-likeness (QED) is 0.317. The zero-order valence-electron chi connectivity index (χ0n) is 19.8. The molecule has 2 aliphatic heterocycles. The average Bonchev–Trinajstić information content (AvgIpc) is 3.31. The molecule has 1 atom stereocenters. The molecule has 2 aromatic rings. The number of nitrogens with zero attached hydrogens (tertiary/aromatic N) is 5. The Balaban J connectivity index is 0.00000306. The van der Waals surface area contributed by atoms with E-state index >= 15 is 0 Å². The summed E-state index contributed by atoms with van der Waals surface area (Å²) in [5.41, 5.74) is 2.29. The molecule has 2 N–H and O–H groups in total. The number of guanidine groups is 1. The maximum absolute atomic E-state index is 5.53. The highest BCUT2D eigenvalue weighted by molar-refractivity contribution is 14.0. The SMILES string of the molecule is CN=C(NCc1ccc(N2CCN(C)CC2)nc1)NC1CCN(c2ccccc2OC)C1.I. The van der Waals surface area contributed by atoms with Gasteiger partial charge in [-0.15, -0.1) is 24.0 Å². The molecule has 2 fully saturated rings. The van der Waals surface area contributed by atoms with E-state index in [1.165, 1.54) is 0 Å². The number of nitrogens with one attached hydrogen (secondary N) is 2. The molecule has 0 amide bonds. The van der Waals surface area contributed by atoms with Crippen molar-refractivity contribution in [3.05, 3.63) is 48.2 Å². The predicted octanol–water partition coefficient (Wildman–Crippen LogP) is 2.40. The van der Waals surface area contributed by atoms with Crippen molar-refractivity contribution in [2.45, 2.75) is 19.0 Å². The molecule has 0 radical (unpaired) electrons. The van der Waals surface area contributed by atoms with Crippen molar-refractivity contribution in [3.8, 4) is 5.75 Å². The van der Waals surface area contributed by atoms with Gasteiger partial charge in [0.2, 0.25) is 0 Å². The monoisotopic (exact) mass is 565 g/mol. The molecule has 1 unspecified atom stereocenters. The van der Waals surface area contributed by atoms with Crippen LogP contribution in [-0.2, 0) is 6.54 Å². The molecule has 4 rings (SSSR count). The molecule has 2 aliphatic rings. The summed E-state index contributed by atoms with van der Waals surface area (Å²) in [4.78, 5) is 16.2. The lowest BCUT2D eigenvalue weighted by Crippen LogP contribution is -2.45. The number of rotatable bonds is 6. The third kappa shape index (κ3) is 6.63. The van der Waals surface area contributed by atoms with E-state index in [2.05, 4.69) is 66.6 Å². The molecule has 33 heavy (non-hydrogen) atoms. The third-order valence-corrected chi connectivity index (χ3v) is 6.27. The van der Waals surface area contributed by atoms with E-state index in [0.717, 1.165) is 74.5 Å². The number of piperazine rings is 1. The number of para-hydroxylation sites is 2. The molecule has 1 aromatic carbocycles. The first kappa shape index (κ1) is 25.4. The second-order valence-electron chi connectivity index (χ2n) is 8.49. The van der Waals surface area contributed by atoms with Crippen LogP contribution in [0, 0.1) is 0 Å². The van der Waals surface area contributed by atoms with E-state index in [4.69, 9.17) is 4.74 Å². The highest BCUT2D eigenvalue weighted by Crippen LogP contribution is 2.30. The summed E-state index contributed by atoms with van der Waals surface area (Å²) in [5.74, 6) is 2.80. The van der Waals surface area contributed by atoms with Gasteiger partial charge in [0.1, 0.15) is 11.6 Å². The molecule has 1 aromatic heterocycles. The van der Waals surface area contributed by atoms with E-state index in [1.54, 1.807) is 7.11 Å². The minimum atomic E-state index is 0. The Kier molecular flexibility index (Phi) is 9.42. The van der Waals surface area contributed by atoms with Crippen LogP contribution in [0.1, 0.15) is 12.0 Å². The lowest BCUT2D eigenvalue weighted by molar-refractivity contribution is 0.312. The van der Waals surface area contributed by atoms with Gasteiger partial charge in [-0.2, -0.15) is 0 Å². The van der Waals surface area contributed by atoms with Crippen LogP contribution in [0.2, 0.25) is 0 Å². The van der Waals surface area contributed by atoms with E-state index in [0.29, 0.717) is 12.6 Å². The molecule has 0 bridgehead atoms. The minimum Gasteiger partial charge on any atom is -0.495 e. The molecule has 0 aliphatic carbocycles. The van der Waals surface area contributed by atoms with Crippen molar-refractivity contribution in [2.24, 2.45) is 4.99 Å². The molecule has 2 saturated heterocycles. The van der Waals surface area contributed by atoms with Crippen LogP contribution in [0.4, 0.5) is 11.5 Å². The van der Waals surface area contributed by atoms with Crippen molar-refractivity contribution in [1.82, 2.24) is 20.5 Å². The number of halogens is 1. The van der Waals surface area contributed by atoms with E-state index in [1.807, 2.05) is 25.4 Å². The van der Waals surface area contributed by atoms with Crippen molar-refractivity contribution in [2.75, 3.05) is 70.3 Å². The number of hydrogen-bond donors (Lipinski definition) is 2. The summed E-state index contributed by atoms with van der Waals surface area (Å²) in [5, 5.41) is 6.99. The summed E-state index contributed by atoms with van der Waals surface area (Å²) in [6.07, 6.45) is 3.02. The number of ether oxygens (including phenoxy) is 1. The fourth-order valence-corrected chi connectivity index (χ4v) is 4.31. The molecular weight excluding hydrogens is 529 g/mol. The smallest absolute Gasteiger partial charge is 0.191 e. The number of hydrogen-bond acceptors (Lipinski definition) is 6. The van der Waals surface area contributed by atoms with Crippen molar-refractivity contribution in [3.63, 3.8) is 0 Å². The van der Waals surface area contributed by atoms with Crippen molar-refractivity contribution >= 4 is 41.4 Å². The molecule has 3 heterocycles. The number of benzene rings is 1. The Bertz CT molecular complexity index is 900. The Morgan fingerprint density at radius 3 is 2.58 bits per heavy atom. The van der Waals surface area contributed by atoms with Gasteiger partial charge < -0.3 is 30.1 Å². The average molecular weight is 566 g/mol. The van der Waals surface area contributed by atoms with Gasteiger partial charge in [-0.25, -0.2) is 4.98 Å². The fraction of sp³-hybridized carbons (Fsp3) is 0.500. The summed E-state index contributed by atoms with van der Waals surface area (Å²) < 4.78 is 5.53. The van der Waals surface area contributed by atoms with E-state index < -0.39 is 0 Å². The lowest BCUT2D eigenvalue weighted by Gasteiger charge is -2.33. The van der Waals surface area contributed by atoms with E-state index in [9.17, 15) is 0 Å². The topological polar surface area (TPSA) is 68.3 Å². The highest BCUT2D eigenvalue weighted by Gasteiger charge is 2.25. The summed E-state index contributed by atoms with van der Waals surface area (Å²) in [7, 11) is 5.71. The van der Waals surface area contributed by atoms with Crippen LogP contribution in [0.5, 0.6) is 5.75 Å². The largest absolute Gasteiger partial charge is 0.495 e. The van der Waals surface area contributed by atoms with Gasteiger partial charge in [0.15, 0.2) is 5.96 Å². The first-order valence-electron chi connectivity index (χ1n) is 11.4. The van der Waals surface area contributed by atoms with Crippen LogP contribution < -0.4 is 25.2 Å². The maximum Gasteiger partial charge on any atom is 0.191 e. The first-order valence-corrected chi connectivity index (χ1v) is 11.4. The molecular formula is C24H36IN7O. The van der Waals surface area contributed by atoms with Gasteiger partial charge in [-0.1, -0.05) is 18.2 Å². The number of aromatic nitrogens is 1. The number of pyridine rings is 1. The van der Waals surface area contributed by atoms with Crippen LogP contribution in [-0.4, -0.2) is 82.4 Å². The minimum absolute atomic E-state index is 0. The Morgan fingerprint density at radius 1 is 1.09 bits per heavy atom. The normalized spacial score (nSPS) is 19.2. The first-order chi connectivity index (χ1) is 15.7. The maximum atomic E-state index is 5.53. The van der Waals surface area contributed by atoms with Crippen LogP contribution >= 0.6 is 24.0 Å². The molecule has 9 heteroatoms. The number of likely N-dealkylation sites (N-methyl/N-ethyl adjacent to an activating group) is 1. The van der Waals surface area contributed by atoms with Crippen LogP contribution in [0.3, 0.4) is 0 Å². The second kappa shape index (κ2) is 12.3. The van der Waals surface area contributed by atoms with Gasteiger partial charge in [0.25, 0.3) is 0 Å². The molecule has 0 spiro atoms. The van der Waals surface area contributed by atoms with Crippen molar-refractivity contribution in [1.29, 1.82) is 0 Å². The molecule has 0 saturated carbocycles. The van der Waals surface area contributed by atoms with Gasteiger partial charge in [0, 0.05) is 65.1 Å². The zero-order chi connectivity index (χ0) is 22.3. The second-order valence-corrected chi connectivity index (χ2v) is 8.49. The Labute approximate surface area is 214 Å². The third-order valence-electron chi connectivity index (χ3n) is 6.27. The summed E-state index contributed by atoms with van der Waals surface area (Å²) in [6.45, 7) is 6.84. The summed E-state index contributed by atoms with van der Waals surface area (Å²) in [6, 6.07) is 12.8. The van der Waals surface area contributed by atoms with Crippen LogP contribution in [0.15, 0.2) is 47.6 Å². The van der Waals surface area contributed by atoms with Crippen molar-refractivity contribution < 1.29 is 4.74 Å². The highest BCUT2D eigenvalue weighted by atomic mass is 127. The lowest BCUT2D eigenvalue weighted by atomic mass is 10.2. The van der Waals surface area contributed by atoms with Gasteiger partial charge in [-0.3, -0.25) is 4.99 Å². The standard InChI is InChI=1S/C24H35N7O.HI/c1-25-24(28-20-10-11-31(18-20)21-6-4-5-7-22(21)32-3)27-17-19-8-9-23(26-16-19)30-14-12-29(2)13-15-30;/h4-9,16,20H,10-15,17-18H2,1-3H3,(H2,25,27,28);1H. The number of aliphatic imine (C=N–C) groups is 1. The summed E-state index contributed by atoms with van der Waals surface area (Å²) >= 11 is 0. The van der Waals surface area contributed by atoms with Gasteiger partial charge in [-0.05, 0) is 37.2 Å². The van der Waals surface area contributed by atoms with Gasteiger partial charge in [0.05, 0.1) is 12.8 Å².